The molecule has 1 unspecified atom stereocenters. The third-order valence-electron chi connectivity index (χ3n) is 4.04. The number of hydrogen-bond acceptors (Lipinski definition) is 4. The number of hydrogen-bond donors (Lipinski definition) is 1. The number of carbonyl (C=O) groups excluding carboxylic acids is 1. The van der Waals surface area contributed by atoms with E-state index in [1.165, 1.54) is 0 Å². The van der Waals surface area contributed by atoms with Crippen molar-refractivity contribution in [3.63, 3.8) is 0 Å². The molecule has 1 heterocycles. The summed E-state index contributed by atoms with van der Waals surface area (Å²) in [6, 6.07) is 5.67. The van der Waals surface area contributed by atoms with E-state index in [4.69, 9.17) is 9.47 Å². The first-order chi connectivity index (χ1) is 12.4. The first-order valence-corrected chi connectivity index (χ1v) is 8.96. The maximum atomic E-state index is 12.2. The van der Waals surface area contributed by atoms with Gasteiger partial charge in [0.1, 0.15) is 0 Å². The molecule has 1 N–H and O–H groups in total. The highest BCUT2D eigenvalue weighted by Gasteiger charge is 2.13. The summed E-state index contributed by atoms with van der Waals surface area (Å²) in [6.45, 7) is 6.80. The van der Waals surface area contributed by atoms with Crippen molar-refractivity contribution < 1.29 is 14.3 Å². The third-order valence-corrected chi connectivity index (χ3v) is 4.04. The molecule has 0 saturated carbocycles. The average Bonchev–Trinajstić information content (AvgIpc) is 3.03. The molecule has 1 aromatic carbocycles. The Morgan fingerprint density at radius 1 is 1.27 bits per heavy atom. The van der Waals surface area contributed by atoms with E-state index in [9.17, 15) is 4.79 Å². The van der Waals surface area contributed by atoms with Gasteiger partial charge in [-0.05, 0) is 42.5 Å². The molecule has 0 fully saturated rings. The average molecular weight is 359 g/mol. The zero-order chi connectivity index (χ0) is 19.1. The summed E-state index contributed by atoms with van der Waals surface area (Å²) < 4.78 is 12.9. The predicted octanol–water partition coefficient (Wildman–Crippen LogP) is 3.27. The fraction of sp³-hybridized carbons (Fsp3) is 0.500. The Bertz CT molecular complexity index is 725. The lowest BCUT2D eigenvalue weighted by molar-refractivity contribution is -0.121. The fourth-order valence-electron chi connectivity index (χ4n) is 2.59. The van der Waals surface area contributed by atoms with Crippen molar-refractivity contribution in [2.24, 2.45) is 13.0 Å². The lowest BCUT2D eigenvalue weighted by Gasteiger charge is -2.17. The van der Waals surface area contributed by atoms with Gasteiger partial charge >= 0.3 is 0 Å². The molecule has 1 amide bonds. The number of aromatic nitrogens is 2. The first kappa shape index (κ1) is 19.8. The molecule has 6 heteroatoms. The molecule has 0 bridgehead atoms. The van der Waals surface area contributed by atoms with Gasteiger partial charge in [0.2, 0.25) is 5.91 Å². The Balaban J connectivity index is 1.93. The summed E-state index contributed by atoms with van der Waals surface area (Å²) in [7, 11) is 3.49. The molecular weight excluding hydrogens is 330 g/mol. The zero-order valence-electron chi connectivity index (χ0n) is 16.3. The van der Waals surface area contributed by atoms with Crippen LogP contribution in [0.3, 0.4) is 0 Å². The van der Waals surface area contributed by atoms with Crippen LogP contribution < -0.4 is 14.8 Å². The number of aryl methyl sites for hydroxylation is 2. The monoisotopic (exact) mass is 359 g/mol. The van der Waals surface area contributed by atoms with Crippen LogP contribution >= 0.6 is 0 Å². The smallest absolute Gasteiger partial charge is 0.220 e. The highest BCUT2D eigenvalue weighted by Crippen LogP contribution is 2.30. The van der Waals surface area contributed by atoms with E-state index in [1.54, 1.807) is 18.0 Å². The number of amides is 1. The summed E-state index contributed by atoms with van der Waals surface area (Å²) >= 11 is 0. The van der Waals surface area contributed by atoms with Gasteiger partial charge in [0.15, 0.2) is 11.5 Å². The maximum absolute atomic E-state index is 12.2. The quantitative estimate of drug-likeness (QED) is 0.746. The molecule has 0 spiro atoms. The fourth-order valence-corrected chi connectivity index (χ4v) is 2.59. The summed E-state index contributed by atoms with van der Waals surface area (Å²) in [5.74, 6) is 1.86. The van der Waals surface area contributed by atoms with Gasteiger partial charge in [0.05, 0.1) is 26.0 Å². The molecule has 6 nitrogen and oxygen atoms in total. The van der Waals surface area contributed by atoms with Crippen LogP contribution in [0.15, 0.2) is 30.6 Å². The minimum Gasteiger partial charge on any atom is -0.493 e. The summed E-state index contributed by atoms with van der Waals surface area (Å²) in [5.41, 5.74) is 2.04. The Labute approximate surface area is 155 Å². The number of carbonyl (C=O) groups is 1. The Morgan fingerprint density at radius 3 is 2.65 bits per heavy atom. The molecule has 0 radical (unpaired) electrons. The highest BCUT2D eigenvalue weighted by molar-refractivity contribution is 5.76. The van der Waals surface area contributed by atoms with Crippen LogP contribution in [0.25, 0.3) is 0 Å². The van der Waals surface area contributed by atoms with Gasteiger partial charge < -0.3 is 14.8 Å². The summed E-state index contributed by atoms with van der Waals surface area (Å²) in [6.07, 6.45) is 4.83. The largest absolute Gasteiger partial charge is 0.493 e. The highest BCUT2D eigenvalue weighted by atomic mass is 16.5. The topological polar surface area (TPSA) is 65.4 Å². The number of benzene rings is 1. The van der Waals surface area contributed by atoms with Crippen LogP contribution in [0, 0.1) is 5.92 Å². The van der Waals surface area contributed by atoms with Gasteiger partial charge in [-0.1, -0.05) is 19.9 Å². The number of nitrogens with zero attached hydrogens (tertiary/aromatic N) is 2. The van der Waals surface area contributed by atoms with Crippen LogP contribution in [0.4, 0.5) is 0 Å². The third kappa shape index (κ3) is 5.79. The minimum absolute atomic E-state index is 0.0143. The van der Waals surface area contributed by atoms with Gasteiger partial charge in [0, 0.05) is 19.7 Å². The van der Waals surface area contributed by atoms with Crippen molar-refractivity contribution >= 4 is 5.91 Å². The Kier molecular flexibility index (Phi) is 7.06. The second kappa shape index (κ2) is 9.27. The molecule has 1 aromatic heterocycles. The van der Waals surface area contributed by atoms with Crippen molar-refractivity contribution in [1.82, 2.24) is 15.1 Å². The Hall–Kier alpha value is -2.50. The molecule has 1 atom stereocenters. The van der Waals surface area contributed by atoms with E-state index < -0.39 is 0 Å². The predicted molar refractivity (Wildman–Crippen MR) is 101 cm³/mol. The van der Waals surface area contributed by atoms with E-state index >= 15 is 0 Å². The molecule has 0 aliphatic heterocycles. The van der Waals surface area contributed by atoms with Crippen LogP contribution in [0.1, 0.15) is 44.4 Å². The minimum atomic E-state index is -0.107. The van der Waals surface area contributed by atoms with Crippen molar-refractivity contribution in [3.05, 3.63) is 41.7 Å². The molecule has 142 valence electrons. The van der Waals surface area contributed by atoms with Crippen molar-refractivity contribution in [2.75, 3.05) is 13.7 Å². The van der Waals surface area contributed by atoms with E-state index in [0.717, 1.165) is 16.9 Å². The first-order valence-electron chi connectivity index (χ1n) is 8.96. The van der Waals surface area contributed by atoms with Crippen LogP contribution in [0.2, 0.25) is 0 Å². The van der Waals surface area contributed by atoms with Crippen LogP contribution in [-0.2, 0) is 18.3 Å². The standard InChI is InChI=1S/C20H29N3O3/c1-14(2)13-26-18-8-7-17(10-19(18)25-5)15(3)22-20(24)9-6-16-11-21-23(4)12-16/h7-8,10-12,14-15H,6,9,13H2,1-5H3,(H,22,24). The Morgan fingerprint density at radius 2 is 2.04 bits per heavy atom. The number of ether oxygens (including phenoxy) is 2. The van der Waals surface area contributed by atoms with Crippen LogP contribution in [0.5, 0.6) is 11.5 Å². The van der Waals surface area contributed by atoms with Gasteiger partial charge in [-0.2, -0.15) is 5.10 Å². The number of rotatable bonds is 9. The van der Waals surface area contributed by atoms with Gasteiger partial charge in [0.25, 0.3) is 0 Å². The number of nitrogens with one attached hydrogen (secondary N) is 1. The second-order valence-corrected chi connectivity index (χ2v) is 6.93. The van der Waals surface area contributed by atoms with Crippen molar-refractivity contribution in [1.29, 1.82) is 0 Å². The lowest BCUT2D eigenvalue weighted by atomic mass is 10.1. The normalized spacial score (nSPS) is 12.1. The van der Waals surface area contributed by atoms with Gasteiger partial charge in [-0.15, -0.1) is 0 Å². The van der Waals surface area contributed by atoms with E-state index in [0.29, 0.717) is 31.1 Å². The molecular formula is C20H29N3O3. The molecule has 26 heavy (non-hydrogen) atoms. The molecule has 2 aromatic rings. The van der Waals surface area contributed by atoms with E-state index in [-0.39, 0.29) is 11.9 Å². The van der Waals surface area contributed by atoms with Crippen molar-refractivity contribution in [2.45, 2.75) is 39.7 Å². The van der Waals surface area contributed by atoms with Crippen molar-refractivity contribution in [3.8, 4) is 11.5 Å². The molecule has 0 aliphatic rings. The summed E-state index contributed by atoms with van der Waals surface area (Å²) in [5, 5.41) is 7.15. The SMILES string of the molecule is COc1cc(C(C)NC(=O)CCc2cnn(C)c2)ccc1OCC(C)C. The number of methoxy groups -OCH3 is 1. The lowest BCUT2D eigenvalue weighted by Crippen LogP contribution is -2.26. The van der Waals surface area contributed by atoms with Crippen LogP contribution in [-0.4, -0.2) is 29.4 Å². The maximum Gasteiger partial charge on any atom is 0.220 e. The van der Waals surface area contributed by atoms with E-state index in [2.05, 4.69) is 24.3 Å². The van der Waals surface area contributed by atoms with Gasteiger partial charge in [-0.25, -0.2) is 0 Å². The second-order valence-electron chi connectivity index (χ2n) is 6.93. The summed E-state index contributed by atoms with van der Waals surface area (Å²) in [4.78, 5) is 12.2. The van der Waals surface area contributed by atoms with E-state index in [1.807, 2.05) is 38.4 Å². The molecule has 2 rings (SSSR count). The molecule has 0 saturated heterocycles. The zero-order valence-corrected chi connectivity index (χ0v) is 16.3. The molecule has 0 aliphatic carbocycles. The van der Waals surface area contributed by atoms with Gasteiger partial charge in [-0.3, -0.25) is 9.48 Å².